The highest BCUT2D eigenvalue weighted by Crippen LogP contribution is 2.22. The van der Waals surface area contributed by atoms with Crippen LogP contribution in [0.25, 0.3) is 0 Å². The molecular weight excluding hydrogens is 297 g/mol. The molecule has 2 rings (SSSR count). The van der Waals surface area contributed by atoms with Crippen LogP contribution in [0.4, 0.5) is 4.39 Å². The SMILES string of the molecule is CCC(OC1CCCCC1)C(=O)NCc1ccc(F)c(CO)c1. The molecule has 0 spiro atoms. The average Bonchev–Trinajstić information content (AvgIpc) is 2.59. The van der Waals surface area contributed by atoms with E-state index in [1.807, 2.05) is 6.92 Å². The first-order valence-corrected chi connectivity index (χ1v) is 8.45. The quantitative estimate of drug-likeness (QED) is 0.811. The molecule has 1 unspecified atom stereocenters. The molecule has 1 atom stereocenters. The molecule has 0 aromatic heterocycles. The lowest BCUT2D eigenvalue weighted by atomic mass is 9.97. The van der Waals surface area contributed by atoms with E-state index in [4.69, 9.17) is 9.84 Å². The van der Waals surface area contributed by atoms with Gasteiger partial charge >= 0.3 is 0 Å². The van der Waals surface area contributed by atoms with Gasteiger partial charge in [-0.25, -0.2) is 4.39 Å². The maximum atomic E-state index is 13.3. The smallest absolute Gasteiger partial charge is 0.249 e. The molecule has 0 bridgehead atoms. The number of aliphatic hydroxyl groups is 1. The Morgan fingerprint density at radius 1 is 1.39 bits per heavy atom. The van der Waals surface area contributed by atoms with Gasteiger partial charge in [-0.3, -0.25) is 4.79 Å². The van der Waals surface area contributed by atoms with E-state index < -0.39 is 11.9 Å². The fraction of sp³-hybridized carbons (Fsp3) is 0.611. The summed E-state index contributed by atoms with van der Waals surface area (Å²) in [5, 5.41) is 11.9. The predicted molar refractivity (Wildman–Crippen MR) is 86.2 cm³/mol. The molecule has 2 N–H and O–H groups in total. The van der Waals surface area contributed by atoms with Crippen LogP contribution in [0.3, 0.4) is 0 Å². The third kappa shape index (κ3) is 5.29. The standard InChI is InChI=1S/C18H26FNO3/c1-2-17(23-15-6-4-3-5-7-15)18(22)20-11-13-8-9-16(19)14(10-13)12-21/h8-10,15,17,21H,2-7,11-12H2,1H3,(H,20,22). The number of benzene rings is 1. The van der Waals surface area contributed by atoms with E-state index in [1.165, 1.54) is 25.3 Å². The van der Waals surface area contributed by atoms with Crippen molar-refractivity contribution in [2.75, 3.05) is 0 Å². The lowest BCUT2D eigenvalue weighted by Gasteiger charge is -2.26. The summed E-state index contributed by atoms with van der Waals surface area (Å²) < 4.78 is 19.3. The van der Waals surface area contributed by atoms with Gasteiger partial charge in [0, 0.05) is 12.1 Å². The second-order valence-electron chi connectivity index (χ2n) is 6.09. The van der Waals surface area contributed by atoms with Crippen LogP contribution in [-0.2, 0) is 22.7 Å². The first kappa shape index (κ1) is 17.9. The van der Waals surface area contributed by atoms with Crippen LogP contribution in [-0.4, -0.2) is 23.2 Å². The minimum absolute atomic E-state index is 0.132. The summed E-state index contributed by atoms with van der Waals surface area (Å²) >= 11 is 0. The van der Waals surface area contributed by atoms with Crippen molar-refractivity contribution >= 4 is 5.91 Å². The Kier molecular flexibility index (Phi) is 6.99. The number of hydrogen-bond acceptors (Lipinski definition) is 3. The number of hydrogen-bond donors (Lipinski definition) is 2. The normalized spacial score (nSPS) is 17.0. The average molecular weight is 323 g/mol. The largest absolute Gasteiger partial charge is 0.392 e. The molecule has 1 aromatic carbocycles. The monoisotopic (exact) mass is 323 g/mol. The van der Waals surface area contributed by atoms with Crippen molar-refractivity contribution in [3.05, 3.63) is 35.1 Å². The predicted octanol–water partition coefficient (Wildman–Crippen LogP) is 3.06. The van der Waals surface area contributed by atoms with Crippen LogP contribution in [0, 0.1) is 5.82 Å². The van der Waals surface area contributed by atoms with Crippen molar-refractivity contribution in [1.82, 2.24) is 5.32 Å². The van der Waals surface area contributed by atoms with Crippen LogP contribution in [0.2, 0.25) is 0 Å². The minimum Gasteiger partial charge on any atom is -0.392 e. The van der Waals surface area contributed by atoms with Crippen LogP contribution in [0.15, 0.2) is 18.2 Å². The Bertz CT molecular complexity index is 515. The summed E-state index contributed by atoms with van der Waals surface area (Å²) in [5.41, 5.74) is 0.999. The summed E-state index contributed by atoms with van der Waals surface area (Å²) in [4.78, 5) is 12.3. The number of carbonyl (C=O) groups is 1. The third-order valence-corrected chi connectivity index (χ3v) is 4.32. The van der Waals surface area contributed by atoms with Crippen LogP contribution in [0.5, 0.6) is 0 Å². The van der Waals surface area contributed by atoms with Gasteiger partial charge in [-0.15, -0.1) is 0 Å². The van der Waals surface area contributed by atoms with Gasteiger partial charge in [-0.05, 0) is 37.0 Å². The molecule has 1 aliphatic carbocycles. The van der Waals surface area contributed by atoms with Crippen LogP contribution >= 0.6 is 0 Å². The highest BCUT2D eigenvalue weighted by atomic mass is 19.1. The van der Waals surface area contributed by atoms with Gasteiger partial charge in [0.05, 0.1) is 12.7 Å². The summed E-state index contributed by atoms with van der Waals surface area (Å²) in [6.45, 7) is 1.89. The van der Waals surface area contributed by atoms with Gasteiger partial charge in [0.15, 0.2) is 0 Å². The topological polar surface area (TPSA) is 58.6 Å². The van der Waals surface area contributed by atoms with Crippen LogP contribution in [0.1, 0.15) is 56.6 Å². The molecule has 0 aliphatic heterocycles. The maximum absolute atomic E-state index is 13.3. The van der Waals surface area contributed by atoms with E-state index >= 15 is 0 Å². The van der Waals surface area contributed by atoms with Gasteiger partial charge in [0.2, 0.25) is 5.91 Å². The van der Waals surface area contributed by atoms with E-state index in [0.29, 0.717) is 13.0 Å². The van der Waals surface area contributed by atoms with Crippen molar-refractivity contribution < 1.29 is 19.0 Å². The molecule has 5 heteroatoms. The zero-order valence-electron chi connectivity index (χ0n) is 13.7. The molecule has 1 aromatic rings. The van der Waals surface area contributed by atoms with Crippen molar-refractivity contribution in [3.63, 3.8) is 0 Å². The maximum Gasteiger partial charge on any atom is 0.249 e. The zero-order chi connectivity index (χ0) is 16.7. The molecular formula is C18H26FNO3. The van der Waals surface area contributed by atoms with Crippen molar-refractivity contribution in [3.8, 4) is 0 Å². The number of aliphatic hydroxyl groups excluding tert-OH is 1. The number of carbonyl (C=O) groups excluding carboxylic acids is 1. The number of halogens is 1. The first-order valence-electron chi connectivity index (χ1n) is 8.45. The first-order chi connectivity index (χ1) is 11.1. The second kappa shape index (κ2) is 8.99. The molecule has 1 fully saturated rings. The zero-order valence-corrected chi connectivity index (χ0v) is 13.7. The lowest BCUT2D eigenvalue weighted by Crippen LogP contribution is -2.38. The third-order valence-electron chi connectivity index (χ3n) is 4.32. The molecule has 1 amide bonds. The highest BCUT2D eigenvalue weighted by molar-refractivity contribution is 5.80. The molecule has 0 heterocycles. The van der Waals surface area contributed by atoms with E-state index in [2.05, 4.69) is 5.32 Å². The van der Waals surface area contributed by atoms with Gasteiger partial charge in [0.25, 0.3) is 0 Å². The fourth-order valence-corrected chi connectivity index (χ4v) is 2.94. The number of nitrogens with one attached hydrogen (secondary N) is 1. The second-order valence-corrected chi connectivity index (χ2v) is 6.09. The summed E-state index contributed by atoms with van der Waals surface area (Å²) in [7, 11) is 0. The summed E-state index contributed by atoms with van der Waals surface area (Å²) in [6, 6.07) is 4.49. The van der Waals surface area contributed by atoms with Gasteiger partial charge in [-0.2, -0.15) is 0 Å². The molecule has 1 aliphatic rings. The molecule has 1 saturated carbocycles. The van der Waals surface area contributed by atoms with E-state index in [9.17, 15) is 9.18 Å². The van der Waals surface area contributed by atoms with Gasteiger partial charge in [-0.1, -0.05) is 32.3 Å². The van der Waals surface area contributed by atoms with E-state index in [-0.39, 0.29) is 24.2 Å². The fourth-order valence-electron chi connectivity index (χ4n) is 2.94. The number of ether oxygens (including phenoxy) is 1. The Morgan fingerprint density at radius 3 is 2.78 bits per heavy atom. The van der Waals surface area contributed by atoms with Gasteiger partial charge < -0.3 is 15.2 Å². The van der Waals surface area contributed by atoms with Crippen molar-refractivity contribution in [1.29, 1.82) is 0 Å². The Morgan fingerprint density at radius 2 is 2.13 bits per heavy atom. The Balaban J connectivity index is 1.86. The molecule has 0 saturated heterocycles. The van der Waals surface area contributed by atoms with Crippen LogP contribution < -0.4 is 5.32 Å². The molecule has 0 radical (unpaired) electrons. The minimum atomic E-state index is -0.436. The molecule has 128 valence electrons. The molecule has 23 heavy (non-hydrogen) atoms. The van der Waals surface area contributed by atoms with E-state index in [1.54, 1.807) is 12.1 Å². The van der Waals surface area contributed by atoms with E-state index in [0.717, 1.165) is 18.4 Å². The molecule has 4 nitrogen and oxygen atoms in total. The lowest BCUT2D eigenvalue weighted by molar-refractivity contribution is -0.138. The number of rotatable bonds is 7. The summed E-state index contributed by atoms with van der Waals surface area (Å²) in [6.07, 6.45) is 6.03. The van der Waals surface area contributed by atoms with Gasteiger partial charge in [0.1, 0.15) is 11.9 Å². The van der Waals surface area contributed by atoms with Crippen molar-refractivity contribution in [2.24, 2.45) is 0 Å². The highest BCUT2D eigenvalue weighted by Gasteiger charge is 2.23. The number of amides is 1. The summed E-state index contributed by atoms with van der Waals surface area (Å²) in [5.74, 6) is -0.567. The van der Waals surface area contributed by atoms with Crippen molar-refractivity contribution in [2.45, 2.75) is 70.8 Å². The Labute approximate surface area is 137 Å². The Hall–Kier alpha value is -1.46.